The van der Waals surface area contributed by atoms with E-state index in [0.29, 0.717) is 36.0 Å². The Bertz CT molecular complexity index is 1830. The molecule has 0 aliphatic carbocycles. The normalized spacial score (nSPS) is 12.6. The molecule has 0 bridgehead atoms. The van der Waals surface area contributed by atoms with E-state index in [-0.39, 0.29) is 28.2 Å². The van der Waals surface area contributed by atoms with E-state index in [0.717, 1.165) is 34.7 Å². The van der Waals surface area contributed by atoms with Crippen LogP contribution in [0.1, 0.15) is 55.5 Å². The molecular formula is C33H33F2N3O3. The smallest absolute Gasteiger partial charge is 0.258 e. The highest BCUT2D eigenvalue weighted by molar-refractivity contribution is 5.88. The number of benzene rings is 3. The number of fused-ring (bicyclic) bond motifs is 2. The standard InChI is InChI=1S/C33H33F2N3O3/c1-33(2,3)18-27(39)36-16-15-21-20-9-5-7-11-25(20)37-30(21)28(23-17-19(34)13-14-24(23)35)29-31(40)22-10-6-8-12-26(22)38(4)32(29)41/h5-14,17,28,37,40H,15-16,18H2,1-4H3,(H,36,39). The number of aryl methyl sites for hydroxylation is 1. The van der Waals surface area contributed by atoms with Crippen molar-refractivity contribution in [3.8, 4) is 5.75 Å². The number of hydrogen-bond acceptors (Lipinski definition) is 3. The molecule has 3 N–H and O–H groups in total. The average Bonchev–Trinajstić information content (AvgIpc) is 3.28. The number of hydrogen-bond donors (Lipinski definition) is 3. The third-order valence-electron chi connectivity index (χ3n) is 7.39. The first-order valence-corrected chi connectivity index (χ1v) is 13.6. The van der Waals surface area contributed by atoms with Crippen LogP contribution in [0, 0.1) is 17.0 Å². The summed E-state index contributed by atoms with van der Waals surface area (Å²) in [6, 6.07) is 17.5. The number of halogens is 2. The highest BCUT2D eigenvalue weighted by Crippen LogP contribution is 2.42. The van der Waals surface area contributed by atoms with Gasteiger partial charge in [0.15, 0.2) is 0 Å². The van der Waals surface area contributed by atoms with Gasteiger partial charge >= 0.3 is 0 Å². The van der Waals surface area contributed by atoms with E-state index < -0.39 is 23.1 Å². The van der Waals surface area contributed by atoms with Crippen LogP contribution in [0.3, 0.4) is 0 Å². The number of amides is 1. The Morgan fingerprint density at radius 3 is 2.44 bits per heavy atom. The molecule has 0 fully saturated rings. The number of aromatic nitrogens is 2. The van der Waals surface area contributed by atoms with Gasteiger partial charge in [0.2, 0.25) is 5.91 Å². The summed E-state index contributed by atoms with van der Waals surface area (Å²) in [6.07, 6.45) is 0.712. The van der Waals surface area contributed by atoms with Crippen molar-refractivity contribution in [3.63, 3.8) is 0 Å². The van der Waals surface area contributed by atoms with Crippen LogP contribution >= 0.6 is 0 Å². The van der Waals surface area contributed by atoms with Gasteiger partial charge in [0, 0.05) is 47.6 Å². The van der Waals surface area contributed by atoms with Crippen molar-refractivity contribution in [1.82, 2.24) is 14.9 Å². The number of para-hydroxylation sites is 2. The van der Waals surface area contributed by atoms with Gasteiger partial charge in [-0.3, -0.25) is 9.59 Å². The maximum atomic E-state index is 15.5. The zero-order chi connectivity index (χ0) is 29.5. The Labute approximate surface area is 236 Å². The molecule has 0 aliphatic rings. The first-order valence-electron chi connectivity index (χ1n) is 13.6. The van der Waals surface area contributed by atoms with Gasteiger partial charge in [-0.1, -0.05) is 51.1 Å². The van der Waals surface area contributed by atoms with Crippen LogP contribution in [-0.2, 0) is 18.3 Å². The van der Waals surface area contributed by atoms with Crippen LogP contribution in [-0.4, -0.2) is 27.1 Å². The molecular weight excluding hydrogens is 524 g/mol. The molecule has 6 nitrogen and oxygen atoms in total. The van der Waals surface area contributed by atoms with Crippen molar-refractivity contribution in [3.05, 3.63) is 111 Å². The van der Waals surface area contributed by atoms with E-state index in [1.165, 1.54) is 4.57 Å². The molecule has 5 aromatic rings. The molecule has 5 rings (SSSR count). The van der Waals surface area contributed by atoms with Crippen molar-refractivity contribution in [2.75, 3.05) is 6.54 Å². The Morgan fingerprint density at radius 2 is 1.71 bits per heavy atom. The molecule has 1 atom stereocenters. The van der Waals surface area contributed by atoms with Gasteiger partial charge in [0.25, 0.3) is 5.56 Å². The van der Waals surface area contributed by atoms with Crippen LogP contribution in [0.5, 0.6) is 5.75 Å². The largest absolute Gasteiger partial charge is 0.507 e. The fourth-order valence-electron chi connectivity index (χ4n) is 5.56. The minimum atomic E-state index is -1.17. The van der Waals surface area contributed by atoms with Gasteiger partial charge in [-0.15, -0.1) is 0 Å². The second kappa shape index (κ2) is 10.8. The molecule has 0 spiro atoms. The Hall–Kier alpha value is -4.46. The van der Waals surface area contributed by atoms with Crippen molar-refractivity contribution in [1.29, 1.82) is 0 Å². The van der Waals surface area contributed by atoms with E-state index in [1.54, 1.807) is 31.3 Å². The Balaban J connectivity index is 1.74. The first kappa shape index (κ1) is 28.1. The highest BCUT2D eigenvalue weighted by Gasteiger charge is 2.32. The third-order valence-corrected chi connectivity index (χ3v) is 7.39. The molecule has 8 heteroatoms. The lowest BCUT2D eigenvalue weighted by molar-refractivity contribution is -0.122. The van der Waals surface area contributed by atoms with Crippen molar-refractivity contribution < 1.29 is 18.7 Å². The van der Waals surface area contributed by atoms with E-state index >= 15 is 4.39 Å². The van der Waals surface area contributed by atoms with Crippen molar-refractivity contribution >= 4 is 27.7 Å². The molecule has 41 heavy (non-hydrogen) atoms. The number of aromatic amines is 1. The minimum absolute atomic E-state index is 0.0692. The average molecular weight is 558 g/mol. The van der Waals surface area contributed by atoms with Crippen molar-refractivity contribution in [2.45, 2.75) is 39.5 Å². The fourth-order valence-corrected chi connectivity index (χ4v) is 5.56. The molecule has 0 saturated heterocycles. The van der Waals surface area contributed by atoms with Crippen molar-refractivity contribution in [2.24, 2.45) is 12.5 Å². The zero-order valence-corrected chi connectivity index (χ0v) is 23.5. The molecule has 0 saturated carbocycles. The number of aromatic hydroxyl groups is 1. The summed E-state index contributed by atoms with van der Waals surface area (Å²) in [5.41, 5.74) is 1.57. The molecule has 2 aromatic heterocycles. The van der Waals surface area contributed by atoms with E-state index in [2.05, 4.69) is 10.3 Å². The number of pyridine rings is 1. The lowest BCUT2D eigenvalue weighted by atomic mass is 9.84. The predicted octanol–water partition coefficient (Wildman–Crippen LogP) is 6.28. The SMILES string of the molecule is Cn1c(=O)c(C(c2cc(F)ccc2F)c2[nH]c3ccccc3c2CCNC(=O)CC(C)(C)C)c(O)c2ccccc21. The Morgan fingerprint density at radius 1 is 1.02 bits per heavy atom. The number of carbonyl (C=O) groups is 1. The summed E-state index contributed by atoms with van der Waals surface area (Å²) in [4.78, 5) is 29.8. The summed E-state index contributed by atoms with van der Waals surface area (Å²) in [7, 11) is 1.59. The summed E-state index contributed by atoms with van der Waals surface area (Å²) in [5, 5.41) is 15.7. The van der Waals surface area contributed by atoms with Gasteiger partial charge in [0.1, 0.15) is 17.4 Å². The van der Waals surface area contributed by atoms with Crippen LogP contribution in [0.25, 0.3) is 21.8 Å². The summed E-state index contributed by atoms with van der Waals surface area (Å²) in [6.45, 7) is 6.25. The number of H-pyrrole nitrogens is 1. The second-order valence-electron chi connectivity index (χ2n) is 11.6. The molecule has 0 aliphatic heterocycles. The lowest BCUT2D eigenvalue weighted by Gasteiger charge is -2.22. The number of nitrogens with zero attached hydrogens (tertiary/aromatic N) is 1. The van der Waals surface area contributed by atoms with Crippen LogP contribution in [0.15, 0.2) is 71.5 Å². The molecule has 1 amide bonds. The quantitative estimate of drug-likeness (QED) is 0.220. The van der Waals surface area contributed by atoms with Crippen LogP contribution in [0.2, 0.25) is 0 Å². The molecule has 2 heterocycles. The monoisotopic (exact) mass is 557 g/mol. The van der Waals surface area contributed by atoms with E-state index in [4.69, 9.17) is 0 Å². The second-order valence-corrected chi connectivity index (χ2v) is 11.6. The number of carbonyl (C=O) groups excluding carboxylic acids is 1. The molecule has 3 aromatic carbocycles. The lowest BCUT2D eigenvalue weighted by Crippen LogP contribution is -2.29. The predicted molar refractivity (Wildman–Crippen MR) is 157 cm³/mol. The topological polar surface area (TPSA) is 87.1 Å². The third kappa shape index (κ3) is 5.46. The summed E-state index contributed by atoms with van der Waals surface area (Å²) < 4.78 is 31.6. The Kier molecular flexibility index (Phi) is 7.43. The first-order chi connectivity index (χ1) is 19.5. The highest BCUT2D eigenvalue weighted by atomic mass is 19.1. The van der Waals surface area contributed by atoms with Crippen LogP contribution in [0.4, 0.5) is 8.78 Å². The molecule has 212 valence electrons. The summed E-state index contributed by atoms with van der Waals surface area (Å²) >= 11 is 0. The minimum Gasteiger partial charge on any atom is -0.507 e. The van der Waals surface area contributed by atoms with Gasteiger partial charge in [-0.05, 0) is 53.8 Å². The van der Waals surface area contributed by atoms with Gasteiger partial charge in [-0.25, -0.2) is 8.78 Å². The van der Waals surface area contributed by atoms with Gasteiger partial charge in [-0.2, -0.15) is 0 Å². The van der Waals surface area contributed by atoms with E-state index in [1.807, 2.05) is 45.0 Å². The zero-order valence-electron chi connectivity index (χ0n) is 23.5. The summed E-state index contributed by atoms with van der Waals surface area (Å²) in [5.74, 6) is -2.93. The fraction of sp³-hybridized carbons (Fsp3) is 0.273. The van der Waals surface area contributed by atoms with Crippen LogP contribution < -0.4 is 10.9 Å². The molecule has 1 unspecified atom stereocenters. The van der Waals surface area contributed by atoms with E-state index in [9.17, 15) is 19.1 Å². The number of rotatable bonds is 7. The maximum Gasteiger partial charge on any atom is 0.258 e. The maximum absolute atomic E-state index is 15.5. The van der Waals surface area contributed by atoms with Gasteiger partial charge < -0.3 is 20.0 Å². The van der Waals surface area contributed by atoms with Gasteiger partial charge in [0.05, 0.1) is 17.0 Å². The number of nitrogens with one attached hydrogen (secondary N) is 2. The molecule has 0 radical (unpaired) electrons.